The van der Waals surface area contributed by atoms with Crippen LogP contribution in [0.25, 0.3) is 10.9 Å². The summed E-state index contributed by atoms with van der Waals surface area (Å²) in [6.45, 7) is 2.97. The van der Waals surface area contributed by atoms with Crippen molar-refractivity contribution < 1.29 is 4.79 Å². The number of carbonyl (C=O) groups is 1. The largest absolute Gasteiger partial charge is 0.388 e. The number of benzene rings is 1. The minimum absolute atomic E-state index is 0.0913. The number of para-hydroxylation sites is 1. The van der Waals surface area contributed by atoms with Crippen LogP contribution >= 0.6 is 0 Å². The Morgan fingerprint density at radius 3 is 2.85 bits per heavy atom. The van der Waals surface area contributed by atoms with Crippen LogP contribution in [0, 0.1) is 11.8 Å². The van der Waals surface area contributed by atoms with E-state index in [9.17, 15) is 4.79 Å². The van der Waals surface area contributed by atoms with Crippen LogP contribution in [-0.2, 0) is 0 Å². The van der Waals surface area contributed by atoms with Crippen LogP contribution in [0.15, 0.2) is 30.3 Å². The van der Waals surface area contributed by atoms with Crippen molar-refractivity contribution in [1.82, 2.24) is 10.3 Å². The van der Waals surface area contributed by atoms with Gasteiger partial charge < -0.3 is 10.6 Å². The predicted molar refractivity (Wildman–Crippen MR) is 80.9 cm³/mol. The van der Waals surface area contributed by atoms with E-state index in [1.165, 1.54) is 6.42 Å². The first kappa shape index (κ1) is 12.9. The van der Waals surface area contributed by atoms with Crippen molar-refractivity contribution in [3.05, 3.63) is 36.0 Å². The normalized spacial score (nSPS) is 20.7. The van der Waals surface area contributed by atoms with Crippen LogP contribution in [-0.4, -0.2) is 24.5 Å². The zero-order valence-electron chi connectivity index (χ0n) is 11.8. The Morgan fingerprint density at radius 1 is 1.40 bits per heavy atom. The molecule has 1 saturated carbocycles. The third-order valence-corrected chi connectivity index (χ3v) is 4.02. The Bertz CT molecular complexity index is 653. The van der Waals surface area contributed by atoms with Crippen molar-refractivity contribution in [2.24, 2.45) is 11.8 Å². The van der Waals surface area contributed by atoms with Crippen LogP contribution in [0.2, 0.25) is 0 Å². The van der Waals surface area contributed by atoms with Gasteiger partial charge in [0.25, 0.3) is 5.91 Å². The van der Waals surface area contributed by atoms with Crippen LogP contribution in [0.4, 0.5) is 5.69 Å². The van der Waals surface area contributed by atoms with E-state index in [4.69, 9.17) is 0 Å². The fourth-order valence-electron chi connectivity index (χ4n) is 2.50. The molecule has 1 aromatic heterocycles. The molecule has 1 aliphatic rings. The molecule has 2 atom stereocenters. The molecule has 0 saturated heterocycles. The Kier molecular flexibility index (Phi) is 3.30. The summed E-state index contributed by atoms with van der Waals surface area (Å²) in [7, 11) is 1.86. The molecule has 2 N–H and O–H groups in total. The van der Waals surface area contributed by atoms with Gasteiger partial charge in [0.05, 0.1) is 5.52 Å². The van der Waals surface area contributed by atoms with Gasteiger partial charge in [0, 0.05) is 24.7 Å². The second kappa shape index (κ2) is 5.12. The van der Waals surface area contributed by atoms with Gasteiger partial charge >= 0.3 is 0 Å². The van der Waals surface area contributed by atoms with Gasteiger partial charge in [0.1, 0.15) is 5.69 Å². The van der Waals surface area contributed by atoms with Gasteiger partial charge in [-0.3, -0.25) is 4.79 Å². The van der Waals surface area contributed by atoms with Crippen molar-refractivity contribution in [1.29, 1.82) is 0 Å². The van der Waals surface area contributed by atoms with E-state index in [1.807, 2.05) is 37.4 Å². The summed E-state index contributed by atoms with van der Waals surface area (Å²) in [5, 5.41) is 7.14. The smallest absolute Gasteiger partial charge is 0.269 e. The van der Waals surface area contributed by atoms with Crippen LogP contribution in [0.1, 0.15) is 23.8 Å². The van der Waals surface area contributed by atoms with Crippen LogP contribution in [0.3, 0.4) is 0 Å². The molecular weight excluding hydrogens is 250 g/mol. The molecule has 4 heteroatoms. The fraction of sp³-hybridized carbons (Fsp3) is 0.375. The Morgan fingerprint density at radius 2 is 2.15 bits per heavy atom. The van der Waals surface area contributed by atoms with Gasteiger partial charge in [-0.1, -0.05) is 25.1 Å². The lowest BCUT2D eigenvalue weighted by Crippen LogP contribution is -2.26. The van der Waals surface area contributed by atoms with E-state index in [2.05, 4.69) is 22.5 Å². The summed E-state index contributed by atoms with van der Waals surface area (Å²) in [4.78, 5) is 16.6. The molecule has 0 bridgehead atoms. The third-order valence-electron chi connectivity index (χ3n) is 4.02. The molecule has 0 spiro atoms. The molecule has 0 radical (unpaired) electrons. The lowest BCUT2D eigenvalue weighted by atomic mass is 10.1. The molecule has 2 aromatic rings. The second-order valence-corrected chi connectivity index (χ2v) is 5.51. The molecule has 1 aliphatic carbocycles. The number of aromatic nitrogens is 1. The highest BCUT2D eigenvalue weighted by atomic mass is 16.1. The standard InChI is InChI=1S/C16H19N3O/c1-10-7-11(10)9-18-16(20)15-8-14(17-2)12-5-3-4-6-13(12)19-15/h3-6,8,10-11H,7,9H2,1-2H3,(H,17,19)(H,18,20). The predicted octanol–water partition coefficient (Wildman–Crippen LogP) is 2.66. The Balaban J connectivity index is 1.85. The highest BCUT2D eigenvalue weighted by Crippen LogP contribution is 2.36. The Hall–Kier alpha value is -2.10. The van der Waals surface area contributed by atoms with Gasteiger partial charge in [-0.15, -0.1) is 0 Å². The third kappa shape index (κ3) is 2.46. The number of hydrogen-bond donors (Lipinski definition) is 2. The lowest BCUT2D eigenvalue weighted by Gasteiger charge is -2.09. The molecule has 104 valence electrons. The van der Waals surface area contributed by atoms with Crippen molar-refractivity contribution in [3.8, 4) is 0 Å². The molecule has 20 heavy (non-hydrogen) atoms. The highest BCUT2D eigenvalue weighted by Gasteiger charge is 2.32. The van der Waals surface area contributed by atoms with Crippen LogP contribution < -0.4 is 10.6 Å². The number of rotatable bonds is 4. The summed E-state index contributed by atoms with van der Waals surface area (Å²) < 4.78 is 0. The molecule has 2 unspecified atom stereocenters. The van der Waals surface area contributed by atoms with Crippen molar-refractivity contribution >= 4 is 22.5 Å². The lowest BCUT2D eigenvalue weighted by molar-refractivity contribution is 0.0947. The first-order valence-corrected chi connectivity index (χ1v) is 7.05. The fourth-order valence-corrected chi connectivity index (χ4v) is 2.50. The van der Waals surface area contributed by atoms with Gasteiger partial charge in [-0.25, -0.2) is 4.98 Å². The van der Waals surface area contributed by atoms with Crippen molar-refractivity contribution in [3.63, 3.8) is 0 Å². The van der Waals surface area contributed by atoms with E-state index in [0.29, 0.717) is 11.6 Å². The maximum Gasteiger partial charge on any atom is 0.269 e. The van der Waals surface area contributed by atoms with Gasteiger partial charge in [-0.05, 0) is 30.4 Å². The van der Waals surface area contributed by atoms with E-state index in [0.717, 1.165) is 29.1 Å². The maximum absolute atomic E-state index is 12.2. The maximum atomic E-state index is 12.2. The number of pyridine rings is 1. The molecule has 1 fully saturated rings. The summed E-state index contributed by atoms with van der Waals surface area (Å²) in [5.74, 6) is 1.29. The van der Waals surface area contributed by atoms with E-state index < -0.39 is 0 Å². The van der Waals surface area contributed by atoms with Gasteiger partial charge in [0.2, 0.25) is 0 Å². The number of anilines is 1. The molecule has 1 amide bonds. The number of fused-ring (bicyclic) bond motifs is 1. The average molecular weight is 269 g/mol. The van der Waals surface area contributed by atoms with Crippen LogP contribution in [0.5, 0.6) is 0 Å². The zero-order chi connectivity index (χ0) is 14.1. The van der Waals surface area contributed by atoms with E-state index >= 15 is 0 Å². The van der Waals surface area contributed by atoms with Crippen molar-refractivity contribution in [2.75, 3.05) is 18.9 Å². The quantitative estimate of drug-likeness (QED) is 0.897. The number of nitrogens with one attached hydrogen (secondary N) is 2. The number of nitrogens with zero attached hydrogens (tertiary/aromatic N) is 1. The SMILES string of the molecule is CNc1cc(C(=O)NCC2CC2C)nc2ccccc12. The average Bonchev–Trinajstić information content (AvgIpc) is 3.19. The topological polar surface area (TPSA) is 54.0 Å². The van der Waals surface area contributed by atoms with Gasteiger partial charge in [0.15, 0.2) is 0 Å². The van der Waals surface area contributed by atoms with Gasteiger partial charge in [-0.2, -0.15) is 0 Å². The summed E-state index contributed by atoms with van der Waals surface area (Å²) in [6.07, 6.45) is 1.22. The first-order chi connectivity index (χ1) is 9.69. The molecular formula is C16H19N3O. The molecule has 1 aromatic carbocycles. The second-order valence-electron chi connectivity index (χ2n) is 5.51. The number of carbonyl (C=O) groups excluding carboxylic acids is 1. The molecule has 0 aliphatic heterocycles. The van der Waals surface area contributed by atoms with E-state index in [-0.39, 0.29) is 5.91 Å². The van der Waals surface area contributed by atoms with E-state index in [1.54, 1.807) is 0 Å². The number of hydrogen-bond acceptors (Lipinski definition) is 3. The van der Waals surface area contributed by atoms with Crippen molar-refractivity contribution in [2.45, 2.75) is 13.3 Å². The summed E-state index contributed by atoms with van der Waals surface area (Å²) in [5.41, 5.74) is 2.24. The first-order valence-electron chi connectivity index (χ1n) is 7.05. The summed E-state index contributed by atoms with van der Waals surface area (Å²) in [6, 6.07) is 9.65. The molecule has 4 nitrogen and oxygen atoms in total. The minimum atomic E-state index is -0.0913. The summed E-state index contributed by atoms with van der Waals surface area (Å²) >= 11 is 0. The molecule has 1 heterocycles. The monoisotopic (exact) mass is 269 g/mol. The Labute approximate surface area is 118 Å². The zero-order valence-corrected chi connectivity index (χ0v) is 11.8. The molecule has 3 rings (SSSR count). The minimum Gasteiger partial charge on any atom is -0.388 e. The number of amides is 1. The highest BCUT2D eigenvalue weighted by molar-refractivity contribution is 5.99.